The van der Waals surface area contributed by atoms with Crippen LogP contribution in [0.3, 0.4) is 0 Å². The molecule has 0 aliphatic carbocycles. The van der Waals surface area contributed by atoms with E-state index < -0.39 is 11.7 Å². The van der Waals surface area contributed by atoms with E-state index in [1.807, 2.05) is 0 Å². The predicted molar refractivity (Wildman–Crippen MR) is 78.4 cm³/mol. The molecule has 5 N–H and O–H groups in total. The fourth-order valence-electron chi connectivity index (χ4n) is 1.39. The molecule has 0 saturated carbocycles. The lowest BCUT2D eigenvalue weighted by Gasteiger charge is -2.09. The second-order valence-corrected chi connectivity index (χ2v) is 5.57. The summed E-state index contributed by atoms with van der Waals surface area (Å²) in [6, 6.07) is 1.81. The van der Waals surface area contributed by atoms with Crippen molar-refractivity contribution < 1.29 is 13.2 Å². The summed E-state index contributed by atoms with van der Waals surface area (Å²) in [7, 11) is 0. The minimum Gasteiger partial charge on any atom is -0.382 e. The van der Waals surface area contributed by atoms with Crippen LogP contribution in [0.1, 0.15) is 5.56 Å². The van der Waals surface area contributed by atoms with Gasteiger partial charge >= 0.3 is 6.18 Å². The van der Waals surface area contributed by atoms with E-state index in [0.717, 1.165) is 12.1 Å². The van der Waals surface area contributed by atoms with Crippen LogP contribution in [0.5, 0.6) is 0 Å². The molecule has 21 heavy (non-hydrogen) atoms. The minimum absolute atomic E-state index is 0.0374. The van der Waals surface area contributed by atoms with Gasteiger partial charge in [-0.1, -0.05) is 0 Å². The molecule has 2 rings (SSSR count). The van der Waals surface area contributed by atoms with Crippen LogP contribution in [0.2, 0.25) is 0 Å². The van der Waals surface area contributed by atoms with Crippen molar-refractivity contribution in [3.05, 3.63) is 26.6 Å². The molecule has 11 heteroatoms. The largest absolute Gasteiger partial charge is 0.416 e. The van der Waals surface area contributed by atoms with Crippen molar-refractivity contribution >= 4 is 54.9 Å². The van der Waals surface area contributed by atoms with Gasteiger partial charge in [0.1, 0.15) is 11.5 Å². The van der Waals surface area contributed by atoms with E-state index in [2.05, 4.69) is 52.3 Å². The number of alkyl halides is 3. The Morgan fingerprint density at radius 3 is 2.00 bits per heavy atom. The van der Waals surface area contributed by atoms with E-state index in [1.54, 1.807) is 0 Å². The highest BCUT2D eigenvalue weighted by molar-refractivity contribution is 9.11. The number of hydrogen-bond acceptors (Lipinski definition) is 5. The molecule has 0 fully saturated rings. The fraction of sp³-hybridized carbons (Fsp3) is 0.100. The Morgan fingerprint density at radius 2 is 1.57 bits per heavy atom. The Balaban J connectivity index is 2.42. The van der Waals surface area contributed by atoms with Gasteiger partial charge in [0.2, 0.25) is 0 Å². The number of halogens is 5. The average molecular weight is 428 g/mol. The van der Waals surface area contributed by atoms with Crippen LogP contribution in [0.15, 0.2) is 31.3 Å². The number of nitrogen functional groups attached to an aromatic ring is 2. The molecule has 0 spiro atoms. The first kappa shape index (κ1) is 15.8. The summed E-state index contributed by atoms with van der Waals surface area (Å²) < 4.78 is 38.2. The molecular weight excluding hydrogens is 421 g/mol. The maximum Gasteiger partial charge on any atom is 0.416 e. The van der Waals surface area contributed by atoms with Gasteiger partial charge in [0, 0.05) is 8.95 Å². The maximum absolute atomic E-state index is 12.7. The van der Waals surface area contributed by atoms with E-state index in [9.17, 15) is 13.2 Å². The van der Waals surface area contributed by atoms with Gasteiger partial charge in [0.25, 0.3) is 0 Å². The summed E-state index contributed by atoms with van der Waals surface area (Å²) in [5, 5.41) is 13.7. The molecule has 2 aromatic rings. The predicted octanol–water partition coefficient (Wildman–Crippen LogP) is 4.53. The normalized spacial score (nSPS) is 12.2. The second-order valence-electron chi connectivity index (χ2n) is 3.86. The van der Waals surface area contributed by atoms with Crippen LogP contribution in [0, 0.1) is 0 Å². The quantitative estimate of drug-likeness (QED) is 0.612. The third kappa shape index (κ3) is 3.35. The van der Waals surface area contributed by atoms with Gasteiger partial charge in [-0.15, -0.1) is 10.2 Å². The Labute approximate surface area is 133 Å². The maximum atomic E-state index is 12.7. The highest BCUT2D eigenvalue weighted by Gasteiger charge is 2.31. The molecule has 1 aromatic heterocycles. The van der Waals surface area contributed by atoms with Crippen molar-refractivity contribution in [2.45, 2.75) is 6.18 Å². The van der Waals surface area contributed by atoms with Crippen LogP contribution >= 0.6 is 31.9 Å². The lowest BCUT2D eigenvalue weighted by Crippen LogP contribution is -2.04. The Morgan fingerprint density at radius 1 is 1.05 bits per heavy atom. The first-order chi connectivity index (χ1) is 9.70. The summed E-state index contributed by atoms with van der Waals surface area (Å²) in [6.45, 7) is 0. The number of nitrogens with two attached hydrogens (primary N) is 2. The highest BCUT2D eigenvalue weighted by Crippen LogP contribution is 2.41. The van der Waals surface area contributed by atoms with Crippen molar-refractivity contribution in [3.63, 3.8) is 0 Å². The smallest absolute Gasteiger partial charge is 0.382 e. The van der Waals surface area contributed by atoms with Gasteiger partial charge in [-0.05, 0) is 44.0 Å². The van der Waals surface area contributed by atoms with Gasteiger partial charge in [-0.2, -0.15) is 18.3 Å². The van der Waals surface area contributed by atoms with Crippen molar-refractivity contribution in [3.8, 4) is 0 Å². The number of aromatic nitrogens is 2. The van der Waals surface area contributed by atoms with Gasteiger partial charge < -0.3 is 11.5 Å². The van der Waals surface area contributed by atoms with Gasteiger partial charge in [0.15, 0.2) is 11.5 Å². The summed E-state index contributed by atoms with van der Waals surface area (Å²) in [6.07, 6.45) is -4.46. The number of azo groups is 1. The van der Waals surface area contributed by atoms with E-state index in [4.69, 9.17) is 11.5 Å². The number of anilines is 2. The van der Waals surface area contributed by atoms with E-state index >= 15 is 0 Å². The molecule has 0 atom stereocenters. The van der Waals surface area contributed by atoms with Crippen LogP contribution in [-0.2, 0) is 6.18 Å². The number of nitrogens with zero attached hydrogens (tertiary/aromatic N) is 3. The van der Waals surface area contributed by atoms with Crippen LogP contribution in [-0.4, -0.2) is 10.2 Å². The molecule has 0 amide bonds. The number of H-pyrrole nitrogens is 1. The number of aromatic amines is 1. The monoisotopic (exact) mass is 426 g/mol. The lowest BCUT2D eigenvalue weighted by molar-refractivity contribution is -0.137. The Bertz CT molecular complexity index is 667. The number of benzene rings is 1. The highest BCUT2D eigenvalue weighted by atomic mass is 79.9. The lowest BCUT2D eigenvalue weighted by atomic mass is 10.2. The Kier molecular flexibility index (Phi) is 4.23. The third-order valence-corrected chi connectivity index (χ3v) is 3.60. The summed E-state index contributed by atoms with van der Waals surface area (Å²) in [5.74, 6) is 0.144. The molecule has 0 radical (unpaired) electrons. The molecule has 1 aromatic carbocycles. The summed E-state index contributed by atoms with van der Waals surface area (Å²) in [4.78, 5) is 0. The molecule has 0 saturated heterocycles. The molecule has 0 aliphatic heterocycles. The van der Waals surface area contributed by atoms with Crippen molar-refractivity contribution in [1.29, 1.82) is 0 Å². The number of rotatable bonds is 2. The van der Waals surface area contributed by atoms with E-state index in [0.29, 0.717) is 0 Å². The second kappa shape index (κ2) is 5.64. The zero-order valence-corrected chi connectivity index (χ0v) is 13.2. The Hall–Kier alpha value is -1.62. The molecule has 0 bridgehead atoms. The molecule has 112 valence electrons. The average Bonchev–Trinajstić information content (AvgIpc) is 2.67. The SMILES string of the molecule is Nc1n[nH]c(N)c1N=Nc1c(Br)cc(C(F)(F)F)cc1Br. The van der Waals surface area contributed by atoms with Crippen LogP contribution in [0.4, 0.5) is 36.2 Å². The fourth-order valence-corrected chi connectivity index (χ4v) is 2.74. The summed E-state index contributed by atoms with van der Waals surface area (Å²) >= 11 is 6.04. The molecule has 0 unspecified atom stereocenters. The zero-order chi connectivity index (χ0) is 15.8. The van der Waals surface area contributed by atoms with Crippen molar-refractivity contribution in [1.82, 2.24) is 10.2 Å². The third-order valence-electron chi connectivity index (χ3n) is 2.39. The number of nitrogens with one attached hydrogen (secondary N) is 1. The van der Waals surface area contributed by atoms with Crippen LogP contribution < -0.4 is 11.5 Å². The standard InChI is InChI=1S/C10H7Br2F3N6/c11-4-1-3(10(13,14)15)2-5(12)6(4)18-19-7-8(16)20-21-9(7)17/h1-2H,(H5,16,17,20,21). The molecule has 0 aliphatic rings. The van der Waals surface area contributed by atoms with E-state index in [-0.39, 0.29) is 32.0 Å². The first-order valence-corrected chi connectivity index (χ1v) is 6.86. The summed E-state index contributed by atoms with van der Waals surface area (Å²) in [5.41, 5.74) is 10.5. The van der Waals surface area contributed by atoms with Crippen LogP contribution in [0.25, 0.3) is 0 Å². The van der Waals surface area contributed by atoms with Crippen molar-refractivity contribution in [2.75, 3.05) is 11.5 Å². The van der Waals surface area contributed by atoms with Gasteiger partial charge in [-0.3, -0.25) is 5.10 Å². The molecule has 6 nitrogen and oxygen atoms in total. The number of hydrogen-bond donors (Lipinski definition) is 3. The topological polar surface area (TPSA) is 105 Å². The zero-order valence-electron chi connectivity index (χ0n) is 10.0. The molecule has 1 heterocycles. The van der Waals surface area contributed by atoms with E-state index in [1.165, 1.54) is 0 Å². The van der Waals surface area contributed by atoms with Crippen molar-refractivity contribution in [2.24, 2.45) is 10.2 Å². The van der Waals surface area contributed by atoms with Gasteiger partial charge in [0.05, 0.1) is 5.56 Å². The minimum atomic E-state index is -4.46. The first-order valence-electron chi connectivity index (χ1n) is 5.27. The molecular formula is C10H7Br2F3N6. The van der Waals surface area contributed by atoms with Gasteiger partial charge in [-0.25, -0.2) is 0 Å².